The van der Waals surface area contributed by atoms with E-state index in [-0.39, 0.29) is 5.92 Å². The van der Waals surface area contributed by atoms with Gasteiger partial charge in [0.2, 0.25) is 0 Å². The SMILES string of the molecule is CC(C)N(Cc1cccs1)C1CCCCCC1C#N. The molecule has 19 heavy (non-hydrogen) atoms. The smallest absolute Gasteiger partial charge is 0.0672 e. The van der Waals surface area contributed by atoms with Crippen LogP contribution in [0.3, 0.4) is 0 Å². The summed E-state index contributed by atoms with van der Waals surface area (Å²) in [5.74, 6) is 0.213. The van der Waals surface area contributed by atoms with Crippen LogP contribution in [0, 0.1) is 17.2 Å². The number of rotatable bonds is 4. The first-order valence-electron chi connectivity index (χ1n) is 7.40. The van der Waals surface area contributed by atoms with Crippen molar-refractivity contribution in [2.75, 3.05) is 0 Å². The molecule has 0 saturated heterocycles. The lowest BCUT2D eigenvalue weighted by atomic mass is 9.93. The Hall–Kier alpha value is -0.850. The van der Waals surface area contributed by atoms with E-state index in [1.165, 1.54) is 30.6 Å². The second-order valence-corrected chi connectivity index (χ2v) is 6.82. The normalized spacial score (nSPS) is 24.4. The predicted molar refractivity (Wildman–Crippen MR) is 81.0 cm³/mol. The quantitative estimate of drug-likeness (QED) is 0.761. The number of hydrogen-bond donors (Lipinski definition) is 0. The first-order valence-corrected chi connectivity index (χ1v) is 8.28. The molecule has 1 aromatic rings. The summed E-state index contributed by atoms with van der Waals surface area (Å²) in [4.78, 5) is 3.96. The zero-order valence-corrected chi connectivity index (χ0v) is 12.8. The third-order valence-electron chi connectivity index (χ3n) is 4.15. The highest BCUT2D eigenvalue weighted by Gasteiger charge is 2.30. The van der Waals surface area contributed by atoms with Crippen molar-refractivity contribution >= 4 is 11.3 Å². The lowest BCUT2D eigenvalue weighted by Crippen LogP contribution is -2.43. The fourth-order valence-electron chi connectivity index (χ4n) is 3.10. The van der Waals surface area contributed by atoms with Gasteiger partial charge in [-0.25, -0.2) is 0 Å². The van der Waals surface area contributed by atoms with Gasteiger partial charge in [-0.1, -0.05) is 25.3 Å². The number of nitriles is 1. The summed E-state index contributed by atoms with van der Waals surface area (Å²) in [6, 6.07) is 7.84. The van der Waals surface area contributed by atoms with E-state index in [4.69, 9.17) is 0 Å². The maximum absolute atomic E-state index is 9.47. The molecule has 1 heterocycles. The summed E-state index contributed by atoms with van der Waals surface area (Å²) in [5, 5.41) is 11.6. The highest BCUT2D eigenvalue weighted by atomic mass is 32.1. The van der Waals surface area contributed by atoms with Crippen molar-refractivity contribution in [1.29, 1.82) is 5.26 Å². The van der Waals surface area contributed by atoms with Crippen LogP contribution in [0.1, 0.15) is 50.8 Å². The van der Waals surface area contributed by atoms with Gasteiger partial charge in [-0.15, -0.1) is 11.3 Å². The summed E-state index contributed by atoms with van der Waals surface area (Å²) in [6.45, 7) is 5.51. The Bertz CT molecular complexity index is 405. The van der Waals surface area contributed by atoms with Crippen molar-refractivity contribution in [2.24, 2.45) is 5.92 Å². The largest absolute Gasteiger partial charge is 0.292 e. The van der Waals surface area contributed by atoms with Crippen molar-refractivity contribution < 1.29 is 0 Å². The lowest BCUT2D eigenvalue weighted by molar-refractivity contribution is 0.110. The van der Waals surface area contributed by atoms with E-state index in [1.54, 1.807) is 0 Å². The van der Waals surface area contributed by atoms with E-state index in [2.05, 4.69) is 42.3 Å². The second-order valence-electron chi connectivity index (χ2n) is 5.79. The molecule has 0 aliphatic heterocycles. The van der Waals surface area contributed by atoms with E-state index < -0.39 is 0 Å². The molecule has 0 bridgehead atoms. The Morgan fingerprint density at radius 2 is 2.16 bits per heavy atom. The van der Waals surface area contributed by atoms with Gasteiger partial charge in [-0.3, -0.25) is 4.90 Å². The van der Waals surface area contributed by atoms with Gasteiger partial charge in [-0.05, 0) is 38.1 Å². The monoisotopic (exact) mass is 276 g/mol. The molecule has 2 rings (SSSR count). The third kappa shape index (κ3) is 3.81. The van der Waals surface area contributed by atoms with Crippen molar-refractivity contribution in [1.82, 2.24) is 4.90 Å². The van der Waals surface area contributed by atoms with Gasteiger partial charge in [0.05, 0.1) is 12.0 Å². The Balaban J connectivity index is 2.14. The van der Waals surface area contributed by atoms with Gasteiger partial charge < -0.3 is 0 Å². The molecule has 104 valence electrons. The molecule has 1 fully saturated rings. The highest BCUT2D eigenvalue weighted by molar-refractivity contribution is 7.09. The van der Waals surface area contributed by atoms with Crippen LogP contribution in [-0.2, 0) is 6.54 Å². The van der Waals surface area contributed by atoms with Gasteiger partial charge in [-0.2, -0.15) is 5.26 Å². The topological polar surface area (TPSA) is 27.0 Å². The molecule has 1 saturated carbocycles. The minimum Gasteiger partial charge on any atom is -0.292 e. The van der Waals surface area contributed by atoms with Gasteiger partial charge in [0.15, 0.2) is 0 Å². The Morgan fingerprint density at radius 1 is 1.37 bits per heavy atom. The number of nitrogens with zero attached hydrogens (tertiary/aromatic N) is 2. The summed E-state index contributed by atoms with van der Waals surface area (Å²) in [5.41, 5.74) is 0. The van der Waals surface area contributed by atoms with E-state index in [0.717, 1.165) is 13.0 Å². The zero-order chi connectivity index (χ0) is 13.7. The fourth-order valence-corrected chi connectivity index (χ4v) is 3.81. The molecular formula is C16H24N2S. The van der Waals surface area contributed by atoms with E-state index in [9.17, 15) is 5.26 Å². The van der Waals surface area contributed by atoms with Crippen molar-refractivity contribution in [3.05, 3.63) is 22.4 Å². The maximum atomic E-state index is 9.47. The zero-order valence-electron chi connectivity index (χ0n) is 12.0. The van der Waals surface area contributed by atoms with Crippen LogP contribution in [0.15, 0.2) is 17.5 Å². The molecule has 3 heteroatoms. The molecule has 1 aliphatic carbocycles. The van der Waals surface area contributed by atoms with Crippen LogP contribution in [0.4, 0.5) is 0 Å². The third-order valence-corrected chi connectivity index (χ3v) is 5.01. The van der Waals surface area contributed by atoms with E-state index in [1.807, 2.05) is 11.3 Å². The van der Waals surface area contributed by atoms with Gasteiger partial charge in [0, 0.05) is 23.5 Å². The molecule has 0 aromatic carbocycles. The van der Waals surface area contributed by atoms with Crippen LogP contribution in [-0.4, -0.2) is 17.0 Å². The Kier molecular flexibility index (Phi) is 5.42. The molecule has 1 aliphatic rings. The summed E-state index contributed by atoms with van der Waals surface area (Å²) >= 11 is 1.82. The van der Waals surface area contributed by atoms with E-state index >= 15 is 0 Å². The average molecular weight is 276 g/mol. The highest BCUT2D eigenvalue weighted by Crippen LogP contribution is 2.30. The first-order chi connectivity index (χ1) is 9.22. The number of thiophene rings is 1. The van der Waals surface area contributed by atoms with Gasteiger partial charge in [0.1, 0.15) is 0 Å². The lowest BCUT2D eigenvalue weighted by Gasteiger charge is -2.36. The molecule has 2 unspecified atom stereocenters. The molecular weight excluding hydrogens is 252 g/mol. The van der Waals surface area contributed by atoms with E-state index in [0.29, 0.717) is 12.1 Å². The van der Waals surface area contributed by atoms with Crippen LogP contribution in [0.5, 0.6) is 0 Å². The first kappa shape index (κ1) is 14.6. The summed E-state index contributed by atoms with van der Waals surface area (Å²) in [6.07, 6.45) is 6.05. The van der Waals surface area contributed by atoms with Crippen LogP contribution >= 0.6 is 11.3 Å². The molecule has 0 N–H and O–H groups in total. The molecule has 0 radical (unpaired) electrons. The average Bonchev–Trinajstić information content (AvgIpc) is 2.79. The number of hydrogen-bond acceptors (Lipinski definition) is 3. The predicted octanol–water partition coefficient (Wildman–Crippen LogP) is 4.43. The molecule has 0 spiro atoms. The van der Waals surface area contributed by atoms with Crippen molar-refractivity contribution in [2.45, 2.75) is 64.6 Å². The van der Waals surface area contributed by atoms with Crippen molar-refractivity contribution in [3.63, 3.8) is 0 Å². The molecule has 2 nitrogen and oxygen atoms in total. The standard InChI is InChI=1S/C16H24N2S/c1-13(2)18(12-15-8-6-10-19-15)16-9-5-3-4-7-14(16)11-17/h6,8,10,13-14,16H,3-5,7,9,12H2,1-2H3. The Morgan fingerprint density at radius 3 is 2.79 bits per heavy atom. The minimum atomic E-state index is 0.213. The van der Waals surface area contributed by atoms with Gasteiger partial charge >= 0.3 is 0 Å². The molecule has 2 atom stereocenters. The molecule has 0 amide bonds. The van der Waals surface area contributed by atoms with Crippen LogP contribution in [0.25, 0.3) is 0 Å². The fraction of sp³-hybridized carbons (Fsp3) is 0.688. The summed E-state index contributed by atoms with van der Waals surface area (Å²) in [7, 11) is 0. The summed E-state index contributed by atoms with van der Waals surface area (Å²) < 4.78 is 0. The van der Waals surface area contributed by atoms with Crippen LogP contribution < -0.4 is 0 Å². The second kappa shape index (κ2) is 7.07. The maximum Gasteiger partial charge on any atom is 0.0672 e. The van der Waals surface area contributed by atoms with Gasteiger partial charge in [0.25, 0.3) is 0 Å². The van der Waals surface area contributed by atoms with Crippen LogP contribution in [0.2, 0.25) is 0 Å². The van der Waals surface area contributed by atoms with Crippen molar-refractivity contribution in [3.8, 4) is 6.07 Å². The molecule has 1 aromatic heterocycles. The minimum absolute atomic E-state index is 0.213. The Labute approximate surface area is 121 Å².